The van der Waals surface area contributed by atoms with Crippen LogP contribution in [0.3, 0.4) is 0 Å². The van der Waals surface area contributed by atoms with Crippen LogP contribution < -0.4 is 0 Å². The van der Waals surface area contributed by atoms with Crippen LogP contribution >= 0.6 is 0 Å². The molecule has 0 amide bonds. The lowest BCUT2D eigenvalue weighted by Crippen LogP contribution is -2.27. The summed E-state index contributed by atoms with van der Waals surface area (Å²) in [5.41, 5.74) is 0. The topological polar surface area (TPSA) is 42.2 Å². The van der Waals surface area contributed by atoms with Gasteiger partial charge in [0.1, 0.15) is 0 Å². The van der Waals surface area contributed by atoms with Gasteiger partial charge in [-0.25, -0.2) is 0 Å². The van der Waals surface area contributed by atoms with E-state index in [1.807, 2.05) is 7.98 Å². The lowest BCUT2D eigenvalue weighted by atomic mass is 10.2. The van der Waals surface area contributed by atoms with Crippen LogP contribution in [0.5, 0.6) is 0 Å². The predicted octanol–water partition coefficient (Wildman–Crippen LogP) is 0.137. The molecule has 5 heteroatoms. The molecule has 66 valence electrons. The molecule has 0 aliphatic rings. The molecular weight excluding hydrogens is 153 g/mol. The first-order valence-electron chi connectivity index (χ1n) is 4.09. The van der Waals surface area contributed by atoms with Gasteiger partial charge in [-0.05, 0) is 6.04 Å². The molecule has 0 fully saturated rings. The molecule has 0 N–H and O–H groups in total. The van der Waals surface area contributed by atoms with Gasteiger partial charge in [-0.15, -0.1) is 0 Å². The first kappa shape index (κ1) is 9.25. The zero-order valence-electron chi connectivity index (χ0n) is 8.03. The van der Waals surface area contributed by atoms with Gasteiger partial charge in [-0.1, -0.05) is 19.0 Å². The van der Waals surface area contributed by atoms with Gasteiger partial charge in [-0.2, -0.15) is 4.98 Å². The Kier molecular flexibility index (Phi) is 2.86. The van der Waals surface area contributed by atoms with Gasteiger partial charge in [0.25, 0.3) is 0 Å². The maximum Gasteiger partial charge on any atom is 0.223 e. The smallest absolute Gasteiger partial charge is 0.223 e. The standard InChI is InChI=1S/C7H14BN3O/c1-5(2)11(8)4-7-9-6(3)12-10-7/h5H,4,8H2,1-3H3. The van der Waals surface area contributed by atoms with E-state index in [0.29, 0.717) is 11.9 Å². The lowest BCUT2D eigenvalue weighted by Gasteiger charge is -2.18. The number of aryl methyl sites for hydroxylation is 1. The van der Waals surface area contributed by atoms with Crippen molar-refractivity contribution in [3.63, 3.8) is 0 Å². The molecule has 1 aromatic rings. The number of rotatable bonds is 3. The summed E-state index contributed by atoms with van der Waals surface area (Å²) in [5, 5.41) is 3.81. The van der Waals surface area contributed by atoms with Crippen molar-refractivity contribution in [3.05, 3.63) is 11.7 Å². The van der Waals surface area contributed by atoms with Crippen LogP contribution in [-0.2, 0) is 6.54 Å². The molecule has 0 aromatic carbocycles. The summed E-state index contributed by atoms with van der Waals surface area (Å²) in [5.74, 6) is 1.38. The summed E-state index contributed by atoms with van der Waals surface area (Å²) in [4.78, 5) is 6.27. The largest absolute Gasteiger partial charge is 0.340 e. The molecule has 0 spiro atoms. The van der Waals surface area contributed by atoms with E-state index in [1.165, 1.54) is 0 Å². The van der Waals surface area contributed by atoms with E-state index in [-0.39, 0.29) is 0 Å². The van der Waals surface area contributed by atoms with E-state index in [9.17, 15) is 0 Å². The normalized spacial score (nSPS) is 11.4. The SMILES string of the molecule is BN(Cc1noc(C)n1)C(C)C. The minimum Gasteiger partial charge on any atom is -0.340 e. The van der Waals surface area contributed by atoms with Gasteiger partial charge < -0.3 is 9.33 Å². The number of hydrogen-bond acceptors (Lipinski definition) is 4. The fraction of sp³-hybridized carbons (Fsp3) is 0.714. The van der Waals surface area contributed by atoms with Crippen LogP contribution in [-0.4, -0.2) is 29.0 Å². The molecule has 1 heterocycles. The molecule has 4 nitrogen and oxygen atoms in total. The Morgan fingerprint density at radius 2 is 2.25 bits per heavy atom. The number of nitrogens with zero attached hydrogens (tertiary/aromatic N) is 3. The Morgan fingerprint density at radius 3 is 2.67 bits per heavy atom. The Labute approximate surface area is 73.4 Å². The fourth-order valence-corrected chi connectivity index (χ4v) is 0.811. The van der Waals surface area contributed by atoms with Crippen molar-refractivity contribution in [1.29, 1.82) is 0 Å². The van der Waals surface area contributed by atoms with Gasteiger partial charge in [0.15, 0.2) is 13.8 Å². The summed E-state index contributed by atoms with van der Waals surface area (Å²) >= 11 is 0. The van der Waals surface area contributed by atoms with Gasteiger partial charge in [-0.3, -0.25) is 0 Å². The lowest BCUT2D eigenvalue weighted by molar-refractivity contribution is 0.344. The molecule has 0 radical (unpaired) electrons. The average molecular weight is 167 g/mol. The predicted molar refractivity (Wildman–Crippen MR) is 48.3 cm³/mol. The van der Waals surface area contributed by atoms with Gasteiger partial charge in [0.2, 0.25) is 5.89 Å². The summed E-state index contributed by atoms with van der Waals surface area (Å²) in [7, 11) is 2.04. The molecular formula is C7H14BN3O. The summed E-state index contributed by atoms with van der Waals surface area (Å²) in [6, 6.07) is 0.504. The van der Waals surface area contributed by atoms with E-state index in [0.717, 1.165) is 12.4 Å². The van der Waals surface area contributed by atoms with Crippen molar-refractivity contribution in [3.8, 4) is 0 Å². The second-order valence-electron chi connectivity index (χ2n) is 3.24. The quantitative estimate of drug-likeness (QED) is 0.600. The Bertz CT molecular complexity index is 249. The van der Waals surface area contributed by atoms with E-state index in [1.54, 1.807) is 6.92 Å². The zero-order chi connectivity index (χ0) is 9.14. The van der Waals surface area contributed by atoms with Crippen LogP contribution in [0.2, 0.25) is 0 Å². The third-order valence-electron chi connectivity index (χ3n) is 1.84. The highest BCUT2D eigenvalue weighted by atomic mass is 16.5. The van der Waals surface area contributed by atoms with Crippen molar-refractivity contribution in [2.75, 3.05) is 0 Å². The van der Waals surface area contributed by atoms with Gasteiger partial charge in [0, 0.05) is 6.92 Å². The highest BCUT2D eigenvalue weighted by molar-refractivity contribution is 6.04. The monoisotopic (exact) mass is 167 g/mol. The van der Waals surface area contributed by atoms with Crippen LogP contribution in [0, 0.1) is 6.92 Å². The number of aromatic nitrogens is 2. The van der Waals surface area contributed by atoms with E-state index < -0.39 is 0 Å². The van der Waals surface area contributed by atoms with Crippen molar-refractivity contribution < 1.29 is 4.52 Å². The third-order valence-corrected chi connectivity index (χ3v) is 1.84. The zero-order valence-corrected chi connectivity index (χ0v) is 8.03. The van der Waals surface area contributed by atoms with Crippen molar-refractivity contribution in [1.82, 2.24) is 15.0 Å². The van der Waals surface area contributed by atoms with Crippen LogP contribution in [0.15, 0.2) is 4.52 Å². The summed E-state index contributed by atoms with van der Waals surface area (Å²) in [6.07, 6.45) is 0. The Hall–Kier alpha value is -0.835. The maximum atomic E-state index is 4.86. The molecule has 12 heavy (non-hydrogen) atoms. The van der Waals surface area contributed by atoms with Crippen LogP contribution in [0.25, 0.3) is 0 Å². The molecule has 0 atom stereocenters. The Balaban J connectivity index is 2.52. The van der Waals surface area contributed by atoms with Crippen molar-refractivity contribution in [2.45, 2.75) is 33.4 Å². The van der Waals surface area contributed by atoms with Gasteiger partial charge >= 0.3 is 0 Å². The molecule has 1 rings (SSSR count). The molecule has 1 aromatic heterocycles. The summed E-state index contributed by atoms with van der Waals surface area (Å²) in [6.45, 7) is 6.81. The first-order valence-corrected chi connectivity index (χ1v) is 4.09. The second kappa shape index (κ2) is 3.71. The van der Waals surface area contributed by atoms with Crippen molar-refractivity contribution >= 4 is 7.98 Å². The highest BCUT2D eigenvalue weighted by Gasteiger charge is 2.07. The van der Waals surface area contributed by atoms with Crippen LogP contribution in [0.1, 0.15) is 25.6 Å². The molecule has 0 aliphatic carbocycles. The van der Waals surface area contributed by atoms with E-state index >= 15 is 0 Å². The van der Waals surface area contributed by atoms with Gasteiger partial charge in [0.05, 0.1) is 6.54 Å². The highest BCUT2D eigenvalue weighted by Crippen LogP contribution is 2.01. The molecule has 0 bridgehead atoms. The minimum absolute atomic E-state index is 0.504. The maximum absolute atomic E-state index is 4.86. The number of hydrogen-bond donors (Lipinski definition) is 0. The molecule has 0 saturated carbocycles. The molecule has 0 saturated heterocycles. The van der Waals surface area contributed by atoms with Crippen LogP contribution in [0.4, 0.5) is 0 Å². The molecule has 0 unspecified atom stereocenters. The molecule has 0 aliphatic heterocycles. The third kappa shape index (κ3) is 2.34. The van der Waals surface area contributed by atoms with Crippen molar-refractivity contribution in [2.24, 2.45) is 0 Å². The average Bonchev–Trinajstić information content (AvgIpc) is 2.35. The second-order valence-corrected chi connectivity index (χ2v) is 3.24. The Morgan fingerprint density at radius 1 is 1.58 bits per heavy atom. The first-order chi connectivity index (χ1) is 5.59. The van der Waals surface area contributed by atoms with E-state index in [2.05, 4.69) is 28.8 Å². The summed E-state index contributed by atoms with van der Waals surface area (Å²) < 4.78 is 4.86. The van der Waals surface area contributed by atoms with E-state index in [4.69, 9.17) is 4.52 Å². The fourth-order valence-electron chi connectivity index (χ4n) is 0.811. The minimum atomic E-state index is 0.504.